The standard InChI is InChI=1S/C21H29N7/c1-4-22-21(24-15-20-26-25-19-12-8-9-13-28(19)20)23-14-17(2)27(3)16-18-10-6-5-7-11-18/h5-13,17H,4,14-16H2,1-3H3,(H2,22,23,24). The minimum atomic E-state index is 0.359. The van der Waals surface area contributed by atoms with Gasteiger partial charge in [0, 0.05) is 31.9 Å². The van der Waals surface area contributed by atoms with E-state index in [9.17, 15) is 0 Å². The second kappa shape index (κ2) is 9.85. The molecule has 2 aromatic heterocycles. The Morgan fingerprint density at radius 2 is 1.89 bits per heavy atom. The minimum Gasteiger partial charge on any atom is -0.357 e. The van der Waals surface area contributed by atoms with Crippen molar-refractivity contribution in [1.82, 2.24) is 30.1 Å². The highest BCUT2D eigenvalue weighted by Gasteiger charge is 2.11. The van der Waals surface area contributed by atoms with Crippen molar-refractivity contribution in [3.05, 3.63) is 66.1 Å². The summed E-state index contributed by atoms with van der Waals surface area (Å²) in [6.07, 6.45) is 1.96. The molecular formula is C21H29N7. The highest BCUT2D eigenvalue weighted by atomic mass is 15.3. The van der Waals surface area contributed by atoms with Crippen LogP contribution in [0.25, 0.3) is 5.65 Å². The minimum absolute atomic E-state index is 0.359. The van der Waals surface area contributed by atoms with Crippen molar-refractivity contribution in [2.45, 2.75) is 33.0 Å². The number of pyridine rings is 1. The number of nitrogens with zero attached hydrogens (tertiary/aromatic N) is 5. The Kier molecular flexibility index (Phi) is 6.97. The normalized spacial score (nSPS) is 13.1. The summed E-state index contributed by atoms with van der Waals surface area (Å²) in [5.41, 5.74) is 2.15. The van der Waals surface area contributed by atoms with Crippen LogP contribution in [-0.2, 0) is 13.1 Å². The van der Waals surface area contributed by atoms with Gasteiger partial charge in [0.15, 0.2) is 17.4 Å². The molecule has 0 spiro atoms. The fourth-order valence-electron chi connectivity index (χ4n) is 2.92. The van der Waals surface area contributed by atoms with Gasteiger partial charge in [-0.25, -0.2) is 4.99 Å². The van der Waals surface area contributed by atoms with E-state index in [0.29, 0.717) is 12.6 Å². The summed E-state index contributed by atoms with van der Waals surface area (Å²) in [5.74, 6) is 1.61. The van der Waals surface area contributed by atoms with Gasteiger partial charge in [0.25, 0.3) is 0 Å². The molecule has 28 heavy (non-hydrogen) atoms. The van der Waals surface area contributed by atoms with Gasteiger partial charge in [0.1, 0.15) is 6.54 Å². The molecule has 0 saturated carbocycles. The SMILES string of the molecule is CCNC(=NCc1nnc2ccccn12)NCC(C)N(C)Cc1ccccc1. The molecule has 3 rings (SSSR count). The molecule has 7 heteroatoms. The second-order valence-electron chi connectivity index (χ2n) is 6.87. The van der Waals surface area contributed by atoms with E-state index in [1.54, 1.807) is 0 Å². The average molecular weight is 380 g/mol. The van der Waals surface area contributed by atoms with Crippen molar-refractivity contribution in [3.8, 4) is 0 Å². The number of likely N-dealkylation sites (N-methyl/N-ethyl adjacent to an activating group) is 1. The molecule has 148 valence electrons. The Morgan fingerprint density at radius 1 is 1.11 bits per heavy atom. The van der Waals surface area contributed by atoms with E-state index in [1.807, 2.05) is 34.9 Å². The maximum absolute atomic E-state index is 4.67. The Morgan fingerprint density at radius 3 is 2.68 bits per heavy atom. The van der Waals surface area contributed by atoms with E-state index in [0.717, 1.165) is 37.1 Å². The van der Waals surface area contributed by atoms with Gasteiger partial charge in [0.2, 0.25) is 0 Å². The van der Waals surface area contributed by atoms with Gasteiger partial charge in [-0.2, -0.15) is 0 Å². The van der Waals surface area contributed by atoms with Crippen molar-refractivity contribution in [2.75, 3.05) is 20.1 Å². The molecule has 0 saturated heterocycles. The summed E-state index contributed by atoms with van der Waals surface area (Å²) < 4.78 is 1.96. The lowest BCUT2D eigenvalue weighted by molar-refractivity contribution is 0.249. The van der Waals surface area contributed by atoms with Crippen LogP contribution in [0.3, 0.4) is 0 Å². The number of benzene rings is 1. The van der Waals surface area contributed by atoms with Crippen molar-refractivity contribution >= 4 is 11.6 Å². The molecule has 2 heterocycles. The third-order valence-electron chi connectivity index (χ3n) is 4.70. The van der Waals surface area contributed by atoms with Gasteiger partial charge in [-0.15, -0.1) is 10.2 Å². The van der Waals surface area contributed by atoms with Crippen LogP contribution in [0.5, 0.6) is 0 Å². The Bertz CT molecular complexity index is 888. The van der Waals surface area contributed by atoms with Gasteiger partial charge in [-0.3, -0.25) is 9.30 Å². The predicted octanol–water partition coefficient (Wildman–Crippen LogP) is 2.30. The number of aromatic nitrogens is 3. The topological polar surface area (TPSA) is 69.8 Å². The van der Waals surface area contributed by atoms with E-state index in [4.69, 9.17) is 0 Å². The fraction of sp³-hybridized carbons (Fsp3) is 0.381. The molecule has 1 atom stereocenters. The Labute approximate surface area is 166 Å². The Hall–Kier alpha value is -2.93. The molecule has 1 aromatic carbocycles. The average Bonchev–Trinajstić information content (AvgIpc) is 3.13. The van der Waals surface area contributed by atoms with E-state index in [1.165, 1.54) is 5.56 Å². The molecule has 0 aliphatic heterocycles. The molecule has 7 nitrogen and oxygen atoms in total. The summed E-state index contributed by atoms with van der Waals surface area (Å²) in [5, 5.41) is 15.2. The summed E-state index contributed by atoms with van der Waals surface area (Å²) in [7, 11) is 2.14. The molecule has 1 unspecified atom stereocenters. The maximum atomic E-state index is 4.67. The number of hydrogen-bond acceptors (Lipinski definition) is 4. The first kappa shape index (κ1) is 19.8. The highest BCUT2D eigenvalue weighted by Crippen LogP contribution is 2.06. The number of hydrogen-bond donors (Lipinski definition) is 2. The zero-order valence-corrected chi connectivity index (χ0v) is 16.8. The van der Waals surface area contributed by atoms with Crippen LogP contribution in [0.2, 0.25) is 0 Å². The molecule has 0 fully saturated rings. The lowest BCUT2D eigenvalue weighted by Gasteiger charge is -2.25. The monoisotopic (exact) mass is 379 g/mol. The third kappa shape index (κ3) is 5.29. The molecule has 0 aliphatic carbocycles. The zero-order chi connectivity index (χ0) is 19.8. The van der Waals surface area contributed by atoms with Gasteiger partial charge in [0.05, 0.1) is 0 Å². The first-order valence-electron chi connectivity index (χ1n) is 9.72. The predicted molar refractivity (Wildman–Crippen MR) is 113 cm³/mol. The molecule has 0 aliphatic rings. The second-order valence-corrected chi connectivity index (χ2v) is 6.87. The van der Waals surface area contributed by atoms with Crippen LogP contribution < -0.4 is 10.6 Å². The molecule has 0 amide bonds. The van der Waals surface area contributed by atoms with Crippen LogP contribution in [-0.4, -0.2) is 51.6 Å². The molecule has 2 N–H and O–H groups in total. The summed E-state index contributed by atoms with van der Waals surface area (Å²) >= 11 is 0. The van der Waals surface area contributed by atoms with Gasteiger partial charge in [-0.05, 0) is 38.6 Å². The summed E-state index contributed by atoms with van der Waals surface area (Å²) in [6.45, 7) is 7.27. The van der Waals surface area contributed by atoms with Crippen molar-refractivity contribution in [3.63, 3.8) is 0 Å². The number of fused-ring (bicyclic) bond motifs is 1. The largest absolute Gasteiger partial charge is 0.357 e. The molecule has 0 radical (unpaired) electrons. The van der Waals surface area contributed by atoms with Crippen LogP contribution in [0.15, 0.2) is 59.7 Å². The van der Waals surface area contributed by atoms with Crippen LogP contribution in [0.4, 0.5) is 0 Å². The van der Waals surface area contributed by atoms with Gasteiger partial charge >= 0.3 is 0 Å². The third-order valence-corrected chi connectivity index (χ3v) is 4.70. The Balaban J connectivity index is 1.57. The lowest BCUT2D eigenvalue weighted by atomic mass is 10.2. The molecule has 3 aromatic rings. The van der Waals surface area contributed by atoms with Crippen molar-refractivity contribution < 1.29 is 0 Å². The van der Waals surface area contributed by atoms with Crippen LogP contribution in [0.1, 0.15) is 25.2 Å². The quantitative estimate of drug-likeness (QED) is 0.464. The van der Waals surface area contributed by atoms with Crippen molar-refractivity contribution in [1.29, 1.82) is 0 Å². The van der Waals surface area contributed by atoms with Crippen LogP contribution in [0, 0.1) is 0 Å². The fourth-order valence-corrected chi connectivity index (χ4v) is 2.92. The zero-order valence-electron chi connectivity index (χ0n) is 16.8. The van der Waals surface area contributed by atoms with E-state index in [2.05, 4.69) is 75.9 Å². The smallest absolute Gasteiger partial charge is 0.191 e. The van der Waals surface area contributed by atoms with E-state index < -0.39 is 0 Å². The van der Waals surface area contributed by atoms with Gasteiger partial charge < -0.3 is 10.6 Å². The number of nitrogens with one attached hydrogen (secondary N) is 2. The van der Waals surface area contributed by atoms with E-state index >= 15 is 0 Å². The lowest BCUT2D eigenvalue weighted by Crippen LogP contribution is -2.44. The highest BCUT2D eigenvalue weighted by molar-refractivity contribution is 5.79. The van der Waals surface area contributed by atoms with Gasteiger partial charge in [-0.1, -0.05) is 36.4 Å². The summed E-state index contributed by atoms with van der Waals surface area (Å²) in [6, 6.07) is 16.7. The number of rotatable bonds is 8. The van der Waals surface area contributed by atoms with Crippen molar-refractivity contribution in [2.24, 2.45) is 4.99 Å². The molecule has 0 bridgehead atoms. The van der Waals surface area contributed by atoms with Crippen LogP contribution >= 0.6 is 0 Å². The first-order chi connectivity index (χ1) is 13.7. The number of aliphatic imine (C=N–C) groups is 1. The maximum Gasteiger partial charge on any atom is 0.191 e. The number of guanidine groups is 1. The van der Waals surface area contributed by atoms with E-state index in [-0.39, 0.29) is 0 Å². The molecular weight excluding hydrogens is 350 g/mol. The summed E-state index contributed by atoms with van der Waals surface area (Å²) in [4.78, 5) is 7.01. The first-order valence-corrected chi connectivity index (χ1v) is 9.72.